The molecule has 6 nitrogen and oxygen atoms in total. The van der Waals surface area contributed by atoms with Crippen molar-refractivity contribution in [1.29, 1.82) is 0 Å². The predicted octanol–water partition coefficient (Wildman–Crippen LogP) is 4.73. The Kier molecular flexibility index (Phi) is 5.43. The third-order valence-electron chi connectivity index (χ3n) is 6.15. The van der Waals surface area contributed by atoms with Crippen LogP contribution in [0, 0.1) is 30.4 Å². The summed E-state index contributed by atoms with van der Waals surface area (Å²) in [5.74, 6) is -1.05. The van der Waals surface area contributed by atoms with Gasteiger partial charge in [0.05, 0.1) is 11.4 Å². The lowest BCUT2D eigenvalue weighted by Crippen LogP contribution is -2.36. The molecule has 1 saturated carbocycles. The van der Waals surface area contributed by atoms with Crippen LogP contribution in [-0.4, -0.2) is 45.5 Å². The summed E-state index contributed by atoms with van der Waals surface area (Å²) >= 11 is 0. The van der Waals surface area contributed by atoms with E-state index in [0.29, 0.717) is 36.2 Å². The fourth-order valence-electron chi connectivity index (χ4n) is 4.85. The van der Waals surface area contributed by atoms with E-state index in [-0.39, 0.29) is 23.4 Å². The van der Waals surface area contributed by atoms with Gasteiger partial charge in [0, 0.05) is 43.5 Å². The summed E-state index contributed by atoms with van der Waals surface area (Å²) in [6, 6.07) is 3.25. The summed E-state index contributed by atoms with van der Waals surface area (Å²) in [6.07, 6.45) is 3.04. The fourth-order valence-corrected chi connectivity index (χ4v) is 4.85. The highest BCUT2D eigenvalue weighted by molar-refractivity contribution is 5.69. The van der Waals surface area contributed by atoms with Crippen LogP contribution in [0.3, 0.4) is 0 Å². The van der Waals surface area contributed by atoms with E-state index in [0.717, 1.165) is 12.8 Å². The number of hydrogen-bond donors (Lipinski definition) is 1. The van der Waals surface area contributed by atoms with Crippen LogP contribution in [0.5, 0.6) is 0 Å². The maximum Gasteiger partial charge on any atom is 0.410 e. The molecule has 1 aromatic carbocycles. The molecule has 2 unspecified atom stereocenters. The topological polar surface area (TPSA) is 59.4 Å². The molecule has 2 fully saturated rings. The summed E-state index contributed by atoms with van der Waals surface area (Å²) in [7, 11) is 1.75. The monoisotopic (exact) mass is 432 g/mol. The van der Waals surface area contributed by atoms with Gasteiger partial charge in [0.15, 0.2) is 11.6 Å². The summed E-state index contributed by atoms with van der Waals surface area (Å²) in [5, 5.41) is 7.40. The van der Waals surface area contributed by atoms with E-state index in [1.807, 2.05) is 20.8 Å². The van der Waals surface area contributed by atoms with Gasteiger partial charge in [0.2, 0.25) is 0 Å². The molecule has 1 N–H and O–H groups in total. The van der Waals surface area contributed by atoms with E-state index in [1.165, 1.54) is 0 Å². The van der Waals surface area contributed by atoms with Gasteiger partial charge in [0.1, 0.15) is 5.60 Å². The van der Waals surface area contributed by atoms with E-state index in [1.54, 1.807) is 41.9 Å². The average Bonchev–Trinajstić information content (AvgIpc) is 3.30. The highest BCUT2D eigenvalue weighted by atomic mass is 19.2. The molecule has 8 heteroatoms. The SMILES string of the molecule is Cc1nn(C)cc1-c1ccc(NC2CC3CN(C(=O)OC(C)(C)C)C[C@H]3C2)c(F)c1F. The molecule has 1 aliphatic carbocycles. The van der Waals surface area contributed by atoms with E-state index in [2.05, 4.69) is 10.4 Å². The number of aromatic nitrogens is 2. The molecule has 2 aromatic rings. The average molecular weight is 433 g/mol. The molecule has 1 aromatic heterocycles. The number of nitrogens with zero attached hydrogens (tertiary/aromatic N) is 3. The number of likely N-dealkylation sites (tertiary alicyclic amines) is 1. The Bertz CT molecular complexity index is 984. The molecule has 1 aliphatic heterocycles. The maximum atomic E-state index is 14.8. The minimum atomic E-state index is -0.867. The Morgan fingerprint density at radius 2 is 1.77 bits per heavy atom. The van der Waals surface area contributed by atoms with Gasteiger partial charge in [-0.3, -0.25) is 4.68 Å². The van der Waals surface area contributed by atoms with Gasteiger partial charge in [0.25, 0.3) is 0 Å². The second kappa shape index (κ2) is 7.80. The van der Waals surface area contributed by atoms with Crippen LogP contribution in [0.2, 0.25) is 0 Å². The van der Waals surface area contributed by atoms with E-state index >= 15 is 0 Å². The standard InChI is InChI=1S/C23H30F2N4O2/c1-13-18(12-28(5)27-13)17-6-7-19(21(25)20(17)24)26-16-8-14-10-29(11-15(14)9-16)22(30)31-23(2,3)4/h6-7,12,14-16,26H,8-11H2,1-5H3/t14-,15?,16?/m1/s1. The number of halogens is 2. The zero-order valence-corrected chi connectivity index (χ0v) is 18.7. The van der Waals surface area contributed by atoms with Crippen LogP contribution in [0.1, 0.15) is 39.3 Å². The summed E-state index contributed by atoms with van der Waals surface area (Å²) in [5.41, 5.74) is 1.12. The van der Waals surface area contributed by atoms with Crippen molar-refractivity contribution < 1.29 is 18.3 Å². The van der Waals surface area contributed by atoms with Crippen LogP contribution in [-0.2, 0) is 11.8 Å². The Morgan fingerprint density at radius 3 is 2.32 bits per heavy atom. The number of aryl methyl sites for hydroxylation is 2. The smallest absolute Gasteiger partial charge is 0.410 e. The zero-order valence-electron chi connectivity index (χ0n) is 18.7. The first-order valence-electron chi connectivity index (χ1n) is 10.7. The number of ether oxygens (including phenoxy) is 1. The van der Waals surface area contributed by atoms with Crippen molar-refractivity contribution in [3.05, 3.63) is 35.7 Å². The maximum absolute atomic E-state index is 14.8. The van der Waals surface area contributed by atoms with Crippen molar-refractivity contribution in [3.8, 4) is 11.1 Å². The van der Waals surface area contributed by atoms with E-state index < -0.39 is 17.2 Å². The van der Waals surface area contributed by atoms with Crippen LogP contribution >= 0.6 is 0 Å². The lowest BCUT2D eigenvalue weighted by atomic mass is 10.0. The summed E-state index contributed by atoms with van der Waals surface area (Å²) in [6.45, 7) is 8.64. The zero-order chi connectivity index (χ0) is 22.5. The number of amides is 1. The van der Waals surface area contributed by atoms with Gasteiger partial charge < -0.3 is 15.0 Å². The number of carbonyl (C=O) groups is 1. The van der Waals surface area contributed by atoms with Crippen molar-refractivity contribution in [2.45, 2.75) is 52.2 Å². The van der Waals surface area contributed by atoms with Crippen molar-refractivity contribution in [2.75, 3.05) is 18.4 Å². The molecule has 0 bridgehead atoms. The van der Waals surface area contributed by atoms with Crippen molar-refractivity contribution in [3.63, 3.8) is 0 Å². The van der Waals surface area contributed by atoms with Crippen molar-refractivity contribution in [1.82, 2.24) is 14.7 Å². The fraction of sp³-hybridized carbons (Fsp3) is 0.565. The van der Waals surface area contributed by atoms with Crippen LogP contribution in [0.25, 0.3) is 11.1 Å². The molecule has 168 valence electrons. The molecule has 1 amide bonds. The number of rotatable bonds is 3. The lowest BCUT2D eigenvalue weighted by Gasteiger charge is -2.25. The lowest BCUT2D eigenvalue weighted by molar-refractivity contribution is 0.0280. The Hall–Kier alpha value is -2.64. The first-order valence-corrected chi connectivity index (χ1v) is 10.7. The molecule has 0 radical (unpaired) electrons. The molecule has 2 heterocycles. The number of hydrogen-bond acceptors (Lipinski definition) is 4. The number of fused-ring (bicyclic) bond motifs is 1. The molecule has 2 aliphatic rings. The summed E-state index contributed by atoms with van der Waals surface area (Å²) in [4.78, 5) is 14.1. The predicted molar refractivity (Wildman–Crippen MR) is 115 cm³/mol. The second-order valence-electron chi connectivity index (χ2n) is 9.81. The Balaban J connectivity index is 1.40. The van der Waals surface area contributed by atoms with Crippen LogP contribution < -0.4 is 5.32 Å². The third kappa shape index (κ3) is 4.38. The van der Waals surface area contributed by atoms with Gasteiger partial charge in [-0.25, -0.2) is 13.6 Å². The number of nitrogens with one attached hydrogen (secondary N) is 1. The minimum Gasteiger partial charge on any atom is -0.444 e. The molecule has 3 atom stereocenters. The number of benzene rings is 1. The highest BCUT2D eigenvalue weighted by Crippen LogP contribution is 2.40. The van der Waals surface area contributed by atoms with Gasteiger partial charge in [-0.05, 0) is 64.5 Å². The van der Waals surface area contributed by atoms with Gasteiger partial charge >= 0.3 is 6.09 Å². The molecule has 31 heavy (non-hydrogen) atoms. The summed E-state index contributed by atoms with van der Waals surface area (Å²) < 4.78 is 36.7. The number of anilines is 1. The molecule has 1 saturated heterocycles. The Labute approximate surface area is 181 Å². The van der Waals surface area contributed by atoms with E-state index in [9.17, 15) is 13.6 Å². The van der Waals surface area contributed by atoms with Gasteiger partial charge in [-0.2, -0.15) is 5.10 Å². The quantitative estimate of drug-likeness (QED) is 0.762. The molecular formula is C23H30F2N4O2. The largest absolute Gasteiger partial charge is 0.444 e. The first kappa shape index (κ1) is 21.6. The van der Waals surface area contributed by atoms with E-state index in [4.69, 9.17) is 4.74 Å². The normalized spacial score (nSPS) is 23.2. The van der Waals surface area contributed by atoms with Crippen LogP contribution in [0.4, 0.5) is 19.3 Å². The Morgan fingerprint density at radius 1 is 1.13 bits per heavy atom. The molecular weight excluding hydrogens is 402 g/mol. The first-order chi connectivity index (χ1) is 14.5. The van der Waals surface area contributed by atoms with Gasteiger partial charge in [-0.15, -0.1) is 0 Å². The number of carbonyl (C=O) groups excluding carboxylic acids is 1. The van der Waals surface area contributed by atoms with Crippen molar-refractivity contribution in [2.24, 2.45) is 18.9 Å². The highest BCUT2D eigenvalue weighted by Gasteiger charge is 2.43. The van der Waals surface area contributed by atoms with Gasteiger partial charge in [-0.1, -0.05) is 0 Å². The minimum absolute atomic E-state index is 0.0515. The third-order valence-corrected chi connectivity index (χ3v) is 6.15. The van der Waals surface area contributed by atoms with Crippen molar-refractivity contribution >= 4 is 11.8 Å². The second-order valence-corrected chi connectivity index (χ2v) is 9.81. The van der Waals surface area contributed by atoms with Crippen LogP contribution in [0.15, 0.2) is 18.3 Å². The molecule has 0 spiro atoms. The molecule has 4 rings (SSSR count).